The molecule has 4 aromatic rings. The quantitative estimate of drug-likeness (QED) is 0.289. The van der Waals surface area contributed by atoms with Crippen LogP contribution in [-0.2, 0) is 0 Å². The molecular formula is C26H17Cl2F3N4O2. The van der Waals surface area contributed by atoms with E-state index in [9.17, 15) is 18.0 Å². The van der Waals surface area contributed by atoms with Gasteiger partial charge in [0.25, 0.3) is 0 Å². The Morgan fingerprint density at radius 1 is 0.946 bits per heavy atom. The summed E-state index contributed by atoms with van der Waals surface area (Å²) in [7, 11) is 0. The lowest BCUT2D eigenvalue weighted by atomic mass is 9.93. The second-order valence-corrected chi connectivity index (χ2v) is 9.08. The van der Waals surface area contributed by atoms with E-state index in [1.165, 1.54) is 17.1 Å². The van der Waals surface area contributed by atoms with E-state index in [0.29, 0.717) is 21.5 Å². The molecule has 11 heteroatoms. The Hall–Kier alpha value is -3.82. The lowest BCUT2D eigenvalue weighted by Crippen LogP contribution is -2.30. The van der Waals surface area contributed by atoms with E-state index in [-0.39, 0.29) is 18.2 Å². The van der Waals surface area contributed by atoms with Gasteiger partial charge in [-0.1, -0.05) is 41.4 Å². The number of hydrogen-bond donors (Lipinski definition) is 1. The van der Waals surface area contributed by atoms with Gasteiger partial charge < -0.3 is 10.1 Å². The molecule has 0 saturated heterocycles. The number of nitrogens with one attached hydrogen (secondary N) is 1. The number of hydrogen-bond acceptors (Lipinski definition) is 4. The number of aromatic nitrogens is 1. The van der Waals surface area contributed by atoms with E-state index in [1.54, 1.807) is 18.2 Å². The Labute approximate surface area is 219 Å². The third-order valence-electron chi connectivity index (χ3n) is 5.66. The second kappa shape index (κ2) is 9.91. The van der Waals surface area contributed by atoms with E-state index >= 15 is 0 Å². The van der Waals surface area contributed by atoms with Crippen molar-refractivity contribution >= 4 is 51.5 Å². The fourth-order valence-corrected chi connectivity index (χ4v) is 4.28. The zero-order valence-electron chi connectivity index (χ0n) is 18.8. The van der Waals surface area contributed by atoms with Crippen LogP contribution in [0.1, 0.15) is 17.2 Å². The van der Waals surface area contributed by atoms with Crippen LogP contribution in [0.15, 0.2) is 84.0 Å². The summed E-state index contributed by atoms with van der Waals surface area (Å²) in [6.07, 6.45) is -4.80. The number of rotatable bonds is 4. The molecule has 0 spiro atoms. The van der Waals surface area contributed by atoms with Crippen LogP contribution in [0.5, 0.6) is 5.75 Å². The number of pyridine rings is 1. The van der Waals surface area contributed by atoms with Crippen LogP contribution in [0.3, 0.4) is 0 Å². The summed E-state index contributed by atoms with van der Waals surface area (Å²) < 4.78 is 41.1. The molecule has 6 nitrogen and oxygen atoms in total. The molecule has 5 rings (SSSR count). The molecule has 2 heterocycles. The molecule has 3 aromatic carbocycles. The van der Waals surface area contributed by atoms with Crippen LogP contribution in [0.2, 0.25) is 10.0 Å². The monoisotopic (exact) mass is 544 g/mol. The van der Waals surface area contributed by atoms with Gasteiger partial charge in [0.1, 0.15) is 5.75 Å². The first-order chi connectivity index (χ1) is 17.6. The van der Waals surface area contributed by atoms with Gasteiger partial charge in [0.15, 0.2) is 0 Å². The number of anilines is 1. The molecule has 0 saturated carbocycles. The number of carbonyl (C=O) groups excluding carboxylic acids is 1. The molecule has 0 aliphatic carbocycles. The van der Waals surface area contributed by atoms with Crippen molar-refractivity contribution < 1.29 is 22.7 Å². The van der Waals surface area contributed by atoms with Crippen molar-refractivity contribution in [1.29, 1.82) is 0 Å². The van der Waals surface area contributed by atoms with Crippen LogP contribution in [0.25, 0.3) is 10.9 Å². The number of urea groups is 1. The number of nitrogens with zero attached hydrogens (tertiary/aromatic N) is 3. The van der Waals surface area contributed by atoms with Crippen molar-refractivity contribution in [3.8, 4) is 5.75 Å². The van der Waals surface area contributed by atoms with Gasteiger partial charge in [-0.15, -0.1) is 13.2 Å². The molecule has 1 aliphatic rings. The van der Waals surface area contributed by atoms with E-state index < -0.39 is 18.1 Å². The first-order valence-corrected chi connectivity index (χ1v) is 11.8. The molecule has 1 aromatic heterocycles. The molecular weight excluding hydrogens is 528 g/mol. The van der Waals surface area contributed by atoms with E-state index in [2.05, 4.69) is 15.2 Å². The standard InChI is InChI=1S/C26H17Cl2F3N4O2/c27-17-4-1-15(2-5-17)24-21(23-11-3-16-13-18(28)6-12-22(16)33-23)14-35(34-24)25(36)32-19-7-9-20(10-8-19)37-26(29,30)31/h1-13,21H,14H2,(H,32,36). The highest BCUT2D eigenvalue weighted by atomic mass is 35.5. The van der Waals surface area contributed by atoms with Gasteiger partial charge in [0.05, 0.1) is 29.4 Å². The minimum atomic E-state index is -4.80. The van der Waals surface area contributed by atoms with Gasteiger partial charge in [-0.05, 0) is 66.2 Å². The molecule has 188 valence electrons. The maximum atomic E-state index is 13.0. The summed E-state index contributed by atoms with van der Waals surface area (Å²) in [5.41, 5.74) is 3.15. The molecule has 0 radical (unpaired) electrons. The van der Waals surface area contributed by atoms with Crippen molar-refractivity contribution in [2.24, 2.45) is 5.10 Å². The first kappa shape index (κ1) is 24.9. The van der Waals surface area contributed by atoms with Crippen LogP contribution < -0.4 is 10.1 Å². The van der Waals surface area contributed by atoms with Crippen LogP contribution in [-0.4, -0.2) is 34.6 Å². The Balaban J connectivity index is 1.41. The van der Waals surface area contributed by atoms with Crippen LogP contribution in [0.4, 0.5) is 23.7 Å². The topological polar surface area (TPSA) is 66.8 Å². The lowest BCUT2D eigenvalue weighted by Gasteiger charge is -2.16. The smallest absolute Gasteiger partial charge is 0.406 e. The molecule has 1 atom stereocenters. The summed E-state index contributed by atoms with van der Waals surface area (Å²) in [5.74, 6) is -0.729. The van der Waals surface area contributed by atoms with E-state index in [4.69, 9.17) is 28.2 Å². The molecule has 1 N–H and O–H groups in total. The van der Waals surface area contributed by atoms with E-state index in [0.717, 1.165) is 28.6 Å². The normalized spacial score (nSPS) is 15.5. The fraction of sp³-hybridized carbons (Fsp3) is 0.115. The maximum Gasteiger partial charge on any atom is 0.573 e. The number of ether oxygens (including phenoxy) is 1. The van der Waals surface area contributed by atoms with Gasteiger partial charge in [0.2, 0.25) is 0 Å². The number of amides is 2. The number of fused-ring (bicyclic) bond motifs is 1. The zero-order chi connectivity index (χ0) is 26.2. The van der Waals surface area contributed by atoms with Crippen molar-refractivity contribution in [2.45, 2.75) is 12.3 Å². The maximum absolute atomic E-state index is 13.0. The third-order valence-corrected chi connectivity index (χ3v) is 6.14. The van der Waals surface area contributed by atoms with Crippen LogP contribution in [0, 0.1) is 0 Å². The summed E-state index contributed by atoms with van der Waals surface area (Å²) in [5, 5.41) is 10.5. The zero-order valence-corrected chi connectivity index (χ0v) is 20.3. The Morgan fingerprint density at radius 3 is 2.35 bits per heavy atom. The van der Waals surface area contributed by atoms with Crippen molar-refractivity contribution in [1.82, 2.24) is 9.99 Å². The molecule has 1 aliphatic heterocycles. The predicted molar refractivity (Wildman–Crippen MR) is 136 cm³/mol. The average molecular weight is 545 g/mol. The highest BCUT2D eigenvalue weighted by Gasteiger charge is 2.34. The SMILES string of the molecule is O=C(Nc1ccc(OC(F)(F)F)cc1)N1CC(c2ccc3cc(Cl)ccc3n2)C(c2ccc(Cl)cc2)=N1. The number of hydrazone groups is 1. The summed E-state index contributed by atoms with van der Waals surface area (Å²) in [6, 6.07) is 20.6. The Morgan fingerprint density at radius 2 is 1.65 bits per heavy atom. The largest absolute Gasteiger partial charge is 0.573 e. The summed E-state index contributed by atoms with van der Waals surface area (Å²) in [6.45, 7) is 0.200. The molecule has 1 unspecified atom stereocenters. The highest BCUT2D eigenvalue weighted by Crippen LogP contribution is 2.31. The van der Waals surface area contributed by atoms with E-state index in [1.807, 2.05) is 36.4 Å². The summed E-state index contributed by atoms with van der Waals surface area (Å²) >= 11 is 12.2. The minimum absolute atomic E-state index is 0.200. The highest BCUT2D eigenvalue weighted by molar-refractivity contribution is 6.31. The number of benzene rings is 3. The second-order valence-electron chi connectivity index (χ2n) is 8.20. The van der Waals surface area contributed by atoms with Gasteiger partial charge in [-0.2, -0.15) is 5.10 Å². The molecule has 2 amide bonds. The lowest BCUT2D eigenvalue weighted by molar-refractivity contribution is -0.274. The fourth-order valence-electron chi connectivity index (χ4n) is 3.98. The van der Waals surface area contributed by atoms with Gasteiger partial charge >= 0.3 is 12.4 Å². The van der Waals surface area contributed by atoms with Crippen LogP contribution >= 0.6 is 23.2 Å². The Kier molecular flexibility index (Phi) is 6.66. The average Bonchev–Trinajstić information content (AvgIpc) is 3.30. The van der Waals surface area contributed by atoms with Gasteiger partial charge in [-0.25, -0.2) is 9.80 Å². The number of carbonyl (C=O) groups is 1. The number of halogens is 5. The number of alkyl halides is 3. The van der Waals surface area contributed by atoms with Crippen molar-refractivity contribution in [3.05, 3.63) is 100 Å². The molecule has 37 heavy (non-hydrogen) atoms. The third kappa shape index (κ3) is 5.79. The first-order valence-electron chi connectivity index (χ1n) is 11.0. The molecule has 0 bridgehead atoms. The predicted octanol–water partition coefficient (Wildman–Crippen LogP) is 7.48. The minimum Gasteiger partial charge on any atom is -0.406 e. The van der Waals surface area contributed by atoms with Gasteiger partial charge in [0, 0.05) is 21.1 Å². The Bertz CT molecular complexity index is 1490. The van der Waals surface area contributed by atoms with Crippen molar-refractivity contribution in [2.75, 3.05) is 11.9 Å². The van der Waals surface area contributed by atoms with Gasteiger partial charge in [-0.3, -0.25) is 4.98 Å². The van der Waals surface area contributed by atoms with Crippen molar-refractivity contribution in [3.63, 3.8) is 0 Å². The molecule has 0 fully saturated rings. The summed E-state index contributed by atoms with van der Waals surface area (Å²) in [4.78, 5) is 17.8.